The van der Waals surface area contributed by atoms with Crippen LogP contribution in [0.5, 0.6) is 5.75 Å². The van der Waals surface area contributed by atoms with E-state index in [2.05, 4.69) is 15.3 Å². The van der Waals surface area contributed by atoms with Crippen molar-refractivity contribution < 1.29 is 14.6 Å². The fourth-order valence-electron chi connectivity index (χ4n) is 3.49. The molecular weight excluding hydrogens is 466 g/mol. The lowest BCUT2D eigenvalue weighted by Gasteiger charge is -2.15. The van der Waals surface area contributed by atoms with E-state index in [1.165, 1.54) is 13.3 Å². The molecule has 182 valence electrons. The number of nitrogens with two attached hydrogens (primary N) is 1. The molecule has 9 heteroatoms. The number of hydrogen-bond donors (Lipinski definition) is 3. The summed E-state index contributed by atoms with van der Waals surface area (Å²) in [4.78, 5) is 13.3. The Morgan fingerprint density at radius 1 is 1.29 bits per heavy atom. The van der Waals surface area contributed by atoms with E-state index in [1.807, 2.05) is 31.2 Å². The highest BCUT2D eigenvalue weighted by molar-refractivity contribution is 6.31. The predicted molar refractivity (Wildman–Crippen MR) is 140 cm³/mol. The zero-order chi connectivity index (χ0) is 25.2. The molecule has 3 rings (SSSR count). The van der Waals surface area contributed by atoms with Crippen molar-refractivity contribution in [3.05, 3.63) is 101 Å². The summed E-state index contributed by atoms with van der Waals surface area (Å²) < 4.78 is 11.2. The molecule has 0 bridgehead atoms. The Morgan fingerprint density at radius 2 is 2.11 bits per heavy atom. The van der Waals surface area contributed by atoms with Crippen LogP contribution in [0.1, 0.15) is 22.4 Å². The fourth-order valence-corrected chi connectivity index (χ4v) is 3.73. The number of aromatic nitrogens is 2. The number of allylic oxidation sites excluding steroid dienone is 2. The molecule has 2 aromatic heterocycles. The molecule has 0 atom stereocenters. The minimum atomic E-state index is 0.226. The van der Waals surface area contributed by atoms with Crippen LogP contribution in [0.2, 0.25) is 5.02 Å². The SMILES string of the molecule is CN=C(/C=C\N)c1cc(C)nc2c(OCc3c(Cl)cncc3CN/C=C\C(=C/O)OC)cccc12. The van der Waals surface area contributed by atoms with Crippen LogP contribution in [0.25, 0.3) is 10.9 Å². The second-order valence-electron chi connectivity index (χ2n) is 7.43. The van der Waals surface area contributed by atoms with Gasteiger partial charge in [-0.3, -0.25) is 9.98 Å². The molecule has 8 nitrogen and oxygen atoms in total. The van der Waals surface area contributed by atoms with Crippen LogP contribution >= 0.6 is 11.6 Å². The summed E-state index contributed by atoms with van der Waals surface area (Å²) in [7, 11) is 3.20. The molecule has 1 aromatic carbocycles. The number of ether oxygens (including phenoxy) is 2. The number of halogens is 1. The number of benzene rings is 1. The fraction of sp³-hybridized carbons (Fsp3) is 0.192. The van der Waals surface area contributed by atoms with Gasteiger partial charge in [-0.2, -0.15) is 0 Å². The van der Waals surface area contributed by atoms with E-state index < -0.39 is 0 Å². The minimum Gasteiger partial charge on any atom is -0.512 e. The van der Waals surface area contributed by atoms with Crippen LogP contribution in [0.3, 0.4) is 0 Å². The monoisotopic (exact) mass is 493 g/mol. The number of pyridine rings is 2. The van der Waals surface area contributed by atoms with Crippen molar-refractivity contribution in [2.45, 2.75) is 20.1 Å². The highest BCUT2D eigenvalue weighted by Crippen LogP contribution is 2.29. The second kappa shape index (κ2) is 12.4. The lowest BCUT2D eigenvalue weighted by atomic mass is 10.0. The van der Waals surface area contributed by atoms with Crippen LogP contribution in [0, 0.1) is 6.92 Å². The number of aliphatic hydroxyl groups is 1. The van der Waals surface area contributed by atoms with Crippen LogP contribution < -0.4 is 15.8 Å². The summed E-state index contributed by atoms with van der Waals surface area (Å²) >= 11 is 6.47. The molecule has 3 aromatic rings. The van der Waals surface area contributed by atoms with E-state index in [1.54, 1.807) is 37.8 Å². The van der Waals surface area contributed by atoms with Gasteiger partial charge in [0.05, 0.1) is 17.8 Å². The molecule has 0 fully saturated rings. The van der Waals surface area contributed by atoms with Gasteiger partial charge in [-0.1, -0.05) is 23.7 Å². The molecule has 0 radical (unpaired) electrons. The Balaban J connectivity index is 1.88. The molecule has 0 saturated heterocycles. The van der Waals surface area contributed by atoms with Crippen molar-refractivity contribution >= 4 is 28.2 Å². The van der Waals surface area contributed by atoms with Gasteiger partial charge in [-0.05, 0) is 43.0 Å². The van der Waals surface area contributed by atoms with Gasteiger partial charge in [-0.15, -0.1) is 0 Å². The van der Waals surface area contributed by atoms with Crippen molar-refractivity contribution in [3.63, 3.8) is 0 Å². The zero-order valence-electron chi connectivity index (χ0n) is 19.8. The number of rotatable bonds is 10. The quantitative estimate of drug-likeness (QED) is 0.213. The van der Waals surface area contributed by atoms with Crippen LogP contribution in [0.4, 0.5) is 0 Å². The normalized spacial score (nSPS) is 12.6. The van der Waals surface area contributed by atoms with Crippen molar-refractivity contribution in [3.8, 4) is 5.75 Å². The summed E-state index contributed by atoms with van der Waals surface area (Å²) in [5.74, 6) is 0.950. The van der Waals surface area contributed by atoms with Gasteiger partial charge < -0.3 is 25.6 Å². The lowest BCUT2D eigenvalue weighted by Crippen LogP contribution is -2.10. The summed E-state index contributed by atoms with van der Waals surface area (Å²) in [5, 5.41) is 13.6. The number of nitrogens with zero attached hydrogens (tertiary/aromatic N) is 3. The number of para-hydroxylation sites is 1. The Hall–Kier alpha value is -4.04. The van der Waals surface area contributed by atoms with E-state index in [9.17, 15) is 0 Å². The van der Waals surface area contributed by atoms with Crippen molar-refractivity contribution in [2.75, 3.05) is 14.2 Å². The topological polar surface area (TPSA) is 115 Å². The van der Waals surface area contributed by atoms with Gasteiger partial charge in [0.25, 0.3) is 0 Å². The van der Waals surface area contributed by atoms with E-state index in [4.69, 9.17) is 36.9 Å². The number of methoxy groups -OCH3 is 1. The second-order valence-corrected chi connectivity index (χ2v) is 7.84. The summed E-state index contributed by atoms with van der Waals surface area (Å²) in [6, 6.07) is 7.76. The van der Waals surface area contributed by atoms with E-state index in [0.29, 0.717) is 23.1 Å². The van der Waals surface area contributed by atoms with Gasteiger partial charge >= 0.3 is 0 Å². The first-order chi connectivity index (χ1) is 17.0. The van der Waals surface area contributed by atoms with Gasteiger partial charge in [0.2, 0.25) is 0 Å². The van der Waals surface area contributed by atoms with Gasteiger partial charge in [0.1, 0.15) is 24.1 Å². The lowest BCUT2D eigenvalue weighted by molar-refractivity contribution is 0.285. The van der Waals surface area contributed by atoms with Gasteiger partial charge in [-0.25, -0.2) is 4.98 Å². The molecule has 4 N–H and O–H groups in total. The molecule has 0 unspecified atom stereocenters. The molecule has 0 aliphatic rings. The van der Waals surface area contributed by atoms with Crippen molar-refractivity contribution in [1.82, 2.24) is 15.3 Å². The number of aliphatic hydroxyl groups excluding tert-OH is 1. The first-order valence-electron chi connectivity index (χ1n) is 10.8. The van der Waals surface area contributed by atoms with E-state index in [-0.39, 0.29) is 6.61 Å². The maximum atomic E-state index is 9.05. The van der Waals surface area contributed by atoms with Crippen LogP contribution in [-0.4, -0.2) is 34.9 Å². The Morgan fingerprint density at radius 3 is 2.83 bits per heavy atom. The number of aliphatic imine (C=N–C) groups is 1. The molecule has 0 aliphatic heterocycles. The minimum absolute atomic E-state index is 0.226. The smallest absolute Gasteiger partial charge is 0.154 e. The first-order valence-corrected chi connectivity index (χ1v) is 11.2. The number of aryl methyl sites for hydroxylation is 1. The van der Waals surface area contributed by atoms with Crippen molar-refractivity contribution in [2.24, 2.45) is 10.7 Å². The third-order valence-electron chi connectivity index (χ3n) is 5.19. The Kier molecular flexibility index (Phi) is 9.09. The van der Waals surface area contributed by atoms with Crippen molar-refractivity contribution in [1.29, 1.82) is 0 Å². The summed E-state index contributed by atoms with van der Waals surface area (Å²) in [6.45, 7) is 2.60. The number of hydrogen-bond acceptors (Lipinski definition) is 8. The predicted octanol–water partition coefficient (Wildman–Crippen LogP) is 4.71. The maximum Gasteiger partial charge on any atom is 0.154 e. The highest BCUT2D eigenvalue weighted by atomic mass is 35.5. The maximum absolute atomic E-state index is 9.05. The third-order valence-corrected chi connectivity index (χ3v) is 5.51. The Bertz CT molecular complexity index is 1300. The molecule has 2 heterocycles. The standard InChI is InChI=1S/C26H28ClN5O3/c1-17-11-21(24(29-2)7-9-28)20-5-4-6-25(26(20)32-17)35-16-22-18(13-31-14-23(22)27)12-30-10-8-19(15-33)34-3/h4-11,13-15,30,33H,12,16,28H2,1-3H3/b9-7-,10-8-,19-15+,29-24?. The van der Waals surface area contributed by atoms with Gasteiger partial charge in [0.15, 0.2) is 5.76 Å². The van der Waals surface area contributed by atoms with E-state index in [0.717, 1.165) is 45.3 Å². The van der Waals surface area contributed by atoms with E-state index >= 15 is 0 Å². The zero-order valence-corrected chi connectivity index (χ0v) is 20.6. The molecule has 35 heavy (non-hydrogen) atoms. The first kappa shape index (κ1) is 25.6. The molecular formula is C26H28ClN5O3. The number of fused-ring (bicyclic) bond motifs is 1. The largest absolute Gasteiger partial charge is 0.512 e. The average molecular weight is 494 g/mol. The van der Waals surface area contributed by atoms with Gasteiger partial charge in [0, 0.05) is 54.4 Å². The van der Waals surface area contributed by atoms with Crippen LogP contribution in [0.15, 0.2) is 78.2 Å². The molecule has 0 spiro atoms. The number of nitrogens with one attached hydrogen (secondary N) is 1. The highest BCUT2D eigenvalue weighted by Gasteiger charge is 2.14. The van der Waals surface area contributed by atoms with Crippen LogP contribution in [-0.2, 0) is 17.9 Å². The molecule has 0 amide bonds. The molecule has 0 aliphatic carbocycles. The average Bonchev–Trinajstić information content (AvgIpc) is 2.86. The summed E-state index contributed by atoms with van der Waals surface area (Å²) in [6.07, 6.45) is 10.7. The summed E-state index contributed by atoms with van der Waals surface area (Å²) in [5.41, 5.74) is 10.5. The Labute approximate surface area is 209 Å². The third kappa shape index (κ3) is 6.30. The molecule has 0 saturated carbocycles.